The van der Waals surface area contributed by atoms with Crippen molar-refractivity contribution < 1.29 is 0 Å². The molecule has 0 unspecified atom stereocenters. The van der Waals surface area contributed by atoms with Crippen LogP contribution in [0.3, 0.4) is 0 Å². The van der Waals surface area contributed by atoms with E-state index in [2.05, 4.69) is 124 Å². The molecular formula is C38H22N4. The highest BCUT2D eigenvalue weighted by molar-refractivity contribution is 6.29. The molecule has 8 rings (SSSR count). The van der Waals surface area contributed by atoms with Crippen LogP contribution in [0.5, 0.6) is 0 Å². The number of benzene rings is 6. The maximum absolute atomic E-state index is 10.3. The van der Waals surface area contributed by atoms with Crippen LogP contribution >= 0.6 is 0 Å². The van der Waals surface area contributed by atoms with Crippen LogP contribution in [-0.2, 0) is 0 Å². The molecule has 8 aromatic rings. The monoisotopic (exact) mass is 534 g/mol. The fourth-order valence-electron chi connectivity index (χ4n) is 6.44. The normalized spacial score (nSPS) is 11.3. The minimum Gasteiger partial charge on any atom is -0.309 e. The van der Waals surface area contributed by atoms with Gasteiger partial charge in [0.1, 0.15) is 0 Å². The first-order valence-electron chi connectivity index (χ1n) is 13.8. The summed E-state index contributed by atoms with van der Waals surface area (Å²) in [5.41, 5.74) is 9.19. The molecule has 4 nitrogen and oxygen atoms in total. The predicted molar refractivity (Wildman–Crippen MR) is 170 cm³/mol. The summed E-state index contributed by atoms with van der Waals surface area (Å²) in [6.45, 7) is 0. The lowest BCUT2D eigenvalue weighted by atomic mass is 9.94. The number of hydrogen-bond donors (Lipinski definition) is 0. The van der Waals surface area contributed by atoms with Gasteiger partial charge < -0.3 is 9.13 Å². The number of para-hydroxylation sites is 4. The fourth-order valence-corrected chi connectivity index (χ4v) is 6.44. The van der Waals surface area contributed by atoms with E-state index in [1.54, 1.807) is 12.1 Å². The summed E-state index contributed by atoms with van der Waals surface area (Å²) in [6.07, 6.45) is 0. The van der Waals surface area contributed by atoms with Crippen molar-refractivity contribution in [1.82, 2.24) is 9.13 Å². The van der Waals surface area contributed by atoms with Gasteiger partial charge in [0.15, 0.2) is 0 Å². The van der Waals surface area contributed by atoms with Gasteiger partial charge in [-0.05, 0) is 54.6 Å². The van der Waals surface area contributed by atoms with Gasteiger partial charge >= 0.3 is 0 Å². The van der Waals surface area contributed by atoms with Crippen LogP contribution in [0.15, 0.2) is 133 Å². The van der Waals surface area contributed by atoms with Crippen molar-refractivity contribution in [3.8, 4) is 34.6 Å². The molecule has 0 atom stereocenters. The Morgan fingerprint density at radius 2 is 1.02 bits per heavy atom. The summed E-state index contributed by atoms with van der Waals surface area (Å²) in [7, 11) is 0. The Kier molecular flexibility index (Phi) is 5.22. The van der Waals surface area contributed by atoms with Gasteiger partial charge in [0.2, 0.25) is 0 Å². The topological polar surface area (TPSA) is 57.4 Å². The molecule has 0 aliphatic heterocycles. The molecule has 4 heteroatoms. The average molecular weight is 535 g/mol. The largest absolute Gasteiger partial charge is 0.309 e. The van der Waals surface area contributed by atoms with E-state index in [0.717, 1.165) is 66.1 Å². The summed E-state index contributed by atoms with van der Waals surface area (Å²) in [4.78, 5) is 0. The molecule has 0 saturated carbocycles. The Morgan fingerprint density at radius 3 is 1.67 bits per heavy atom. The Labute approximate surface area is 242 Å². The number of fused-ring (bicyclic) bond motifs is 7. The van der Waals surface area contributed by atoms with Gasteiger partial charge in [-0.1, -0.05) is 78.9 Å². The van der Waals surface area contributed by atoms with Gasteiger partial charge in [-0.2, -0.15) is 10.5 Å². The first kappa shape index (κ1) is 23.8. The smallest absolute Gasteiger partial charge is 0.0998 e. The molecule has 0 amide bonds. The van der Waals surface area contributed by atoms with Gasteiger partial charge in [-0.3, -0.25) is 0 Å². The van der Waals surface area contributed by atoms with Gasteiger partial charge in [0.25, 0.3) is 0 Å². The lowest BCUT2D eigenvalue weighted by Crippen LogP contribution is -1.98. The molecule has 0 aliphatic rings. The van der Waals surface area contributed by atoms with Crippen LogP contribution in [0, 0.1) is 22.7 Å². The third kappa shape index (κ3) is 3.33. The van der Waals surface area contributed by atoms with Crippen LogP contribution in [-0.4, -0.2) is 9.13 Å². The van der Waals surface area contributed by atoms with Crippen molar-refractivity contribution in [2.45, 2.75) is 0 Å². The molecule has 0 radical (unpaired) electrons. The van der Waals surface area contributed by atoms with Crippen LogP contribution < -0.4 is 0 Å². The molecule has 0 spiro atoms. The lowest BCUT2D eigenvalue weighted by Gasteiger charge is -2.15. The molecule has 0 aliphatic carbocycles. The van der Waals surface area contributed by atoms with E-state index < -0.39 is 0 Å². The second-order valence-electron chi connectivity index (χ2n) is 10.4. The molecule has 0 fully saturated rings. The van der Waals surface area contributed by atoms with Crippen molar-refractivity contribution >= 4 is 43.6 Å². The number of hydrogen-bond acceptors (Lipinski definition) is 2. The lowest BCUT2D eigenvalue weighted by molar-refractivity contribution is 1.17. The second-order valence-corrected chi connectivity index (χ2v) is 10.4. The van der Waals surface area contributed by atoms with Crippen LogP contribution in [0.25, 0.3) is 66.1 Å². The maximum Gasteiger partial charge on any atom is 0.0998 e. The molecule has 42 heavy (non-hydrogen) atoms. The standard InChI is InChI=1S/C38H22N4/c39-23-25-19-20-29(26(21-25)24-40)32-22-33-30-15-7-9-17-34(30)41(27-11-3-1-4-12-27)38(33)36-31-16-8-10-18-35(31)42(37(32)36)28-13-5-2-6-14-28/h1-22H. The summed E-state index contributed by atoms with van der Waals surface area (Å²) in [5.74, 6) is 0. The van der Waals surface area contributed by atoms with Crippen molar-refractivity contribution in [1.29, 1.82) is 10.5 Å². The second kappa shape index (κ2) is 9.24. The fraction of sp³-hybridized carbons (Fsp3) is 0. The van der Waals surface area contributed by atoms with Gasteiger partial charge in [-0.25, -0.2) is 0 Å². The Bertz CT molecular complexity index is 2410. The molecule has 2 aromatic heterocycles. The van der Waals surface area contributed by atoms with Crippen molar-refractivity contribution in [3.05, 3.63) is 145 Å². The summed E-state index contributed by atoms with van der Waals surface area (Å²) in [6, 6.07) is 50.1. The third-order valence-corrected chi connectivity index (χ3v) is 8.16. The van der Waals surface area contributed by atoms with E-state index in [4.69, 9.17) is 0 Å². The summed E-state index contributed by atoms with van der Waals surface area (Å²) < 4.78 is 4.67. The zero-order valence-corrected chi connectivity index (χ0v) is 22.5. The molecule has 0 bridgehead atoms. The van der Waals surface area contributed by atoms with E-state index in [1.165, 1.54) is 0 Å². The van der Waals surface area contributed by atoms with E-state index in [-0.39, 0.29) is 0 Å². The van der Waals surface area contributed by atoms with E-state index in [1.807, 2.05) is 18.2 Å². The highest BCUT2D eigenvalue weighted by Gasteiger charge is 2.25. The van der Waals surface area contributed by atoms with E-state index >= 15 is 0 Å². The van der Waals surface area contributed by atoms with Crippen LogP contribution in [0.1, 0.15) is 11.1 Å². The Balaban J connectivity index is 1.69. The summed E-state index contributed by atoms with van der Waals surface area (Å²) >= 11 is 0. The molecular weight excluding hydrogens is 512 g/mol. The third-order valence-electron chi connectivity index (χ3n) is 8.16. The van der Waals surface area contributed by atoms with Crippen LogP contribution in [0.4, 0.5) is 0 Å². The highest BCUT2D eigenvalue weighted by atomic mass is 15.0. The zero-order valence-electron chi connectivity index (χ0n) is 22.5. The molecule has 6 aromatic carbocycles. The average Bonchev–Trinajstić information content (AvgIpc) is 3.58. The van der Waals surface area contributed by atoms with Crippen LogP contribution in [0.2, 0.25) is 0 Å². The predicted octanol–water partition coefficient (Wildman–Crippen LogP) is 9.29. The van der Waals surface area contributed by atoms with E-state index in [0.29, 0.717) is 11.1 Å². The molecule has 194 valence electrons. The first-order chi connectivity index (χ1) is 20.8. The number of nitriles is 2. The Hall–Kier alpha value is -6.10. The number of nitrogens with zero attached hydrogens (tertiary/aromatic N) is 4. The van der Waals surface area contributed by atoms with Crippen molar-refractivity contribution in [2.24, 2.45) is 0 Å². The van der Waals surface area contributed by atoms with Gasteiger partial charge in [0.05, 0.1) is 45.3 Å². The summed E-state index contributed by atoms with van der Waals surface area (Å²) in [5, 5.41) is 24.4. The number of rotatable bonds is 3. The minimum atomic E-state index is 0.469. The molecule has 0 N–H and O–H groups in total. The first-order valence-corrected chi connectivity index (χ1v) is 13.8. The quantitative estimate of drug-likeness (QED) is 0.227. The Morgan fingerprint density at radius 1 is 0.452 bits per heavy atom. The minimum absolute atomic E-state index is 0.469. The van der Waals surface area contributed by atoms with Crippen molar-refractivity contribution in [2.75, 3.05) is 0 Å². The van der Waals surface area contributed by atoms with E-state index in [9.17, 15) is 10.5 Å². The van der Waals surface area contributed by atoms with Gasteiger partial charge in [0, 0.05) is 44.0 Å². The van der Waals surface area contributed by atoms with Crippen molar-refractivity contribution in [3.63, 3.8) is 0 Å². The SMILES string of the molecule is N#Cc1ccc(-c2cc3c4ccccc4n(-c4ccccc4)c3c3c4ccccc4n(-c4ccccc4)c23)c(C#N)c1. The number of aromatic nitrogens is 2. The van der Waals surface area contributed by atoms with Gasteiger partial charge in [-0.15, -0.1) is 0 Å². The highest BCUT2D eigenvalue weighted by Crippen LogP contribution is 2.46. The molecule has 0 saturated heterocycles. The molecule has 2 heterocycles. The maximum atomic E-state index is 10.3. The zero-order chi connectivity index (χ0) is 28.2.